The van der Waals surface area contributed by atoms with E-state index in [4.69, 9.17) is 16.3 Å². The maximum Gasteiger partial charge on any atom is 0.266 e. The van der Waals surface area contributed by atoms with E-state index in [2.05, 4.69) is 4.98 Å². The molecule has 0 unspecified atom stereocenters. The van der Waals surface area contributed by atoms with Gasteiger partial charge in [-0.05, 0) is 54.4 Å². The van der Waals surface area contributed by atoms with Crippen molar-refractivity contribution >= 4 is 23.3 Å². The lowest BCUT2D eigenvalue weighted by Crippen LogP contribution is -2.35. The van der Waals surface area contributed by atoms with Crippen molar-refractivity contribution in [2.24, 2.45) is 0 Å². The molecule has 0 atom stereocenters. The molecule has 0 bridgehead atoms. The van der Waals surface area contributed by atoms with Crippen LogP contribution in [0.4, 0.5) is 10.2 Å². The summed E-state index contributed by atoms with van der Waals surface area (Å²) >= 11 is 6.13. The van der Waals surface area contributed by atoms with E-state index in [1.165, 1.54) is 17.0 Å². The van der Waals surface area contributed by atoms with Crippen LogP contribution in [0.2, 0.25) is 5.02 Å². The highest BCUT2D eigenvalue weighted by Crippen LogP contribution is 2.22. The smallest absolute Gasteiger partial charge is 0.266 e. The highest BCUT2D eigenvalue weighted by Gasteiger charge is 2.19. The van der Waals surface area contributed by atoms with Crippen molar-refractivity contribution in [1.29, 1.82) is 0 Å². The van der Waals surface area contributed by atoms with Gasteiger partial charge in [-0.15, -0.1) is 0 Å². The van der Waals surface area contributed by atoms with Gasteiger partial charge < -0.3 is 4.74 Å². The van der Waals surface area contributed by atoms with Crippen LogP contribution in [0.15, 0.2) is 66.9 Å². The number of amides is 1. The molecule has 1 amide bonds. The van der Waals surface area contributed by atoms with E-state index >= 15 is 0 Å². The van der Waals surface area contributed by atoms with Gasteiger partial charge in [-0.2, -0.15) is 0 Å². The molecule has 0 N–H and O–H groups in total. The van der Waals surface area contributed by atoms with E-state index in [0.717, 1.165) is 5.56 Å². The van der Waals surface area contributed by atoms with Gasteiger partial charge in [0.2, 0.25) is 0 Å². The average Bonchev–Trinajstić information content (AvgIpc) is 2.66. The lowest BCUT2D eigenvalue weighted by molar-refractivity contribution is -0.120. The van der Waals surface area contributed by atoms with Gasteiger partial charge in [-0.1, -0.05) is 35.9 Å². The zero-order valence-corrected chi connectivity index (χ0v) is 15.5. The number of rotatable bonds is 6. The van der Waals surface area contributed by atoms with Crippen molar-refractivity contribution in [1.82, 2.24) is 4.98 Å². The number of carbonyl (C=O) groups excluding carboxylic acids is 1. The molecule has 1 aromatic heterocycles. The predicted octanol–water partition coefficient (Wildman–Crippen LogP) is 4.79. The van der Waals surface area contributed by atoms with Crippen LogP contribution in [0.25, 0.3) is 0 Å². The molecular weight excluding hydrogens is 367 g/mol. The Morgan fingerprint density at radius 3 is 2.70 bits per heavy atom. The first kappa shape index (κ1) is 18.9. The summed E-state index contributed by atoms with van der Waals surface area (Å²) in [6.45, 7) is 1.95. The number of pyridine rings is 1. The number of ether oxygens (including phenoxy) is 1. The van der Waals surface area contributed by atoms with Crippen LogP contribution in [0, 0.1) is 12.7 Å². The lowest BCUT2D eigenvalue weighted by Gasteiger charge is -2.22. The standard InChI is InChI=1S/C21H18ClFN2O2/c1-15-5-4-6-18(11-15)27-14-21(26)25(20-7-2-3-10-24-20)13-16-8-9-17(23)12-19(16)22/h2-12H,13-14H2,1H3. The van der Waals surface area contributed by atoms with Gasteiger partial charge in [0, 0.05) is 11.2 Å². The Balaban J connectivity index is 1.80. The van der Waals surface area contributed by atoms with Crippen molar-refractivity contribution < 1.29 is 13.9 Å². The van der Waals surface area contributed by atoms with Crippen molar-refractivity contribution in [2.45, 2.75) is 13.5 Å². The third-order valence-electron chi connectivity index (χ3n) is 3.92. The molecular formula is C21H18ClFN2O2. The monoisotopic (exact) mass is 384 g/mol. The molecule has 0 spiro atoms. The fourth-order valence-electron chi connectivity index (χ4n) is 2.56. The van der Waals surface area contributed by atoms with Gasteiger partial charge in [-0.3, -0.25) is 9.69 Å². The summed E-state index contributed by atoms with van der Waals surface area (Å²) in [6.07, 6.45) is 1.60. The molecule has 1 heterocycles. The van der Waals surface area contributed by atoms with Gasteiger partial charge in [0.1, 0.15) is 17.4 Å². The summed E-state index contributed by atoms with van der Waals surface area (Å²) in [5, 5.41) is 0.253. The molecule has 0 aliphatic carbocycles. The van der Waals surface area contributed by atoms with Crippen molar-refractivity contribution in [2.75, 3.05) is 11.5 Å². The van der Waals surface area contributed by atoms with Crippen LogP contribution >= 0.6 is 11.6 Å². The molecule has 2 aromatic carbocycles. The highest BCUT2D eigenvalue weighted by atomic mass is 35.5. The Bertz CT molecular complexity index is 934. The molecule has 27 heavy (non-hydrogen) atoms. The number of halogens is 2. The fraction of sp³-hybridized carbons (Fsp3) is 0.143. The topological polar surface area (TPSA) is 42.4 Å². The van der Waals surface area contributed by atoms with Gasteiger partial charge in [-0.25, -0.2) is 9.37 Å². The Kier molecular flexibility index (Phi) is 6.04. The number of benzene rings is 2. The van der Waals surface area contributed by atoms with E-state index in [-0.39, 0.29) is 24.1 Å². The molecule has 138 valence electrons. The number of hydrogen-bond donors (Lipinski definition) is 0. The average molecular weight is 385 g/mol. The van der Waals surface area contributed by atoms with Crippen molar-refractivity contribution in [3.05, 3.63) is 88.8 Å². The van der Waals surface area contributed by atoms with Crippen LogP contribution in [-0.4, -0.2) is 17.5 Å². The van der Waals surface area contributed by atoms with Crippen LogP contribution in [0.5, 0.6) is 5.75 Å². The van der Waals surface area contributed by atoms with Crippen LogP contribution in [0.1, 0.15) is 11.1 Å². The molecule has 0 aliphatic heterocycles. The summed E-state index contributed by atoms with van der Waals surface area (Å²) in [5.74, 6) is 0.373. The van der Waals surface area contributed by atoms with E-state index in [1.54, 1.807) is 36.5 Å². The molecule has 3 aromatic rings. The number of aromatic nitrogens is 1. The SMILES string of the molecule is Cc1cccc(OCC(=O)N(Cc2ccc(F)cc2Cl)c2ccccn2)c1. The highest BCUT2D eigenvalue weighted by molar-refractivity contribution is 6.31. The molecule has 0 saturated heterocycles. The first-order valence-electron chi connectivity index (χ1n) is 8.38. The summed E-state index contributed by atoms with van der Waals surface area (Å²) in [4.78, 5) is 18.5. The van der Waals surface area contributed by atoms with E-state index in [9.17, 15) is 9.18 Å². The number of nitrogens with zero attached hydrogens (tertiary/aromatic N) is 2. The van der Waals surface area contributed by atoms with Gasteiger partial charge in [0.05, 0.1) is 6.54 Å². The van der Waals surface area contributed by atoms with Crippen molar-refractivity contribution in [3.8, 4) is 5.75 Å². The zero-order valence-electron chi connectivity index (χ0n) is 14.7. The summed E-state index contributed by atoms with van der Waals surface area (Å²) in [6, 6.07) is 16.8. The number of carbonyl (C=O) groups is 1. The Morgan fingerprint density at radius 1 is 1.15 bits per heavy atom. The van der Waals surface area contributed by atoms with Crippen LogP contribution in [0.3, 0.4) is 0 Å². The summed E-state index contributed by atoms with van der Waals surface area (Å²) in [7, 11) is 0. The normalized spacial score (nSPS) is 10.5. The largest absolute Gasteiger partial charge is 0.484 e. The first-order valence-corrected chi connectivity index (χ1v) is 8.75. The summed E-state index contributed by atoms with van der Waals surface area (Å²) in [5.41, 5.74) is 1.66. The Hall–Kier alpha value is -2.92. The van der Waals surface area contributed by atoms with Gasteiger partial charge in [0.25, 0.3) is 5.91 Å². The second-order valence-electron chi connectivity index (χ2n) is 6.01. The Morgan fingerprint density at radius 2 is 2.00 bits per heavy atom. The second-order valence-corrected chi connectivity index (χ2v) is 6.42. The lowest BCUT2D eigenvalue weighted by atomic mass is 10.2. The Labute approximate surface area is 162 Å². The molecule has 0 fully saturated rings. The van der Waals surface area contributed by atoms with Gasteiger partial charge >= 0.3 is 0 Å². The quantitative estimate of drug-likeness (QED) is 0.613. The molecule has 0 saturated carbocycles. The van der Waals surface area contributed by atoms with Crippen LogP contribution in [-0.2, 0) is 11.3 Å². The zero-order chi connectivity index (χ0) is 19.2. The third kappa shape index (κ3) is 5.05. The van der Waals surface area contributed by atoms with Crippen LogP contribution < -0.4 is 9.64 Å². The van der Waals surface area contributed by atoms with E-state index in [1.807, 2.05) is 25.1 Å². The number of aryl methyl sites for hydroxylation is 1. The minimum Gasteiger partial charge on any atom is -0.484 e. The van der Waals surface area contributed by atoms with E-state index < -0.39 is 5.82 Å². The minimum atomic E-state index is -0.428. The molecule has 6 heteroatoms. The minimum absolute atomic E-state index is 0.154. The molecule has 3 rings (SSSR count). The predicted molar refractivity (Wildman–Crippen MR) is 104 cm³/mol. The number of hydrogen-bond acceptors (Lipinski definition) is 3. The molecule has 0 radical (unpaired) electrons. The second kappa shape index (κ2) is 8.64. The maximum absolute atomic E-state index is 13.3. The molecule has 0 aliphatic rings. The van der Waals surface area contributed by atoms with E-state index in [0.29, 0.717) is 17.1 Å². The maximum atomic E-state index is 13.3. The third-order valence-corrected chi connectivity index (χ3v) is 4.27. The first-order chi connectivity index (χ1) is 13.0. The van der Waals surface area contributed by atoms with Crippen molar-refractivity contribution in [3.63, 3.8) is 0 Å². The van der Waals surface area contributed by atoms with Gasteiger partial charge in [0.15, 0.2) is 6.61 Å². The fourth-order valence-corrected chi connectivity index (χ4v) is 2.79. The summed E-state index contributed by atoms with van der Waals surface area (Å²) < 4.78 is 18.9. The molecule has 4 nitrogen and oxygen atoms in total. The number of anilines is 1.